The number of allylic oxidation sites excluding steroid dienone is 2. The molecule has 110 valence electrons. The van der Waals surface area contributed by atoms with Crippen molar-refractivity contribution in [2.45, 2.75) is 51.2 Å². The number of carbonyl (C=O) groups is 2. The minimum atomic E-state index is -0.778. The zero-order valence-electron chi connectivity index (χ0n) is 11.8. The van der Waals surface area contributed by atoms with Crippen molar-refractivity contribution in [1.82, 2.24) is 0 Å². The Balaban J connectivity index is 2.13. The average molecular weight is 278 g/mol. The van der Waals surface area contributed by atoms with Gasteiger partial charge in [-0.2, -0.15) is 0 Å². The second-order valence-electron chi connectivity index (χ2n) is 5.73. The Labute approximate surface area is 119 Å². The van der Waals surface area contributed by atoms with Gasteiger partial charge in [-0.15, -0.1) is 0 Å². The van der Waals surface area contributed by atoms with Crippen LogP contribution < -0.4 is 0 Å². The summed E-state index contributed by atoms with van der Waals surface area (Å²) in [6, 6.07) is 0. The summed E-state index contributed by atoms with van der Waals surface area (Å²) in [6.45, 7) is 1.87. The van der Waals surface area contributed by atoms with Gasteiger partial charge >= 0.3 is 5.97 Å². The van der Waals surface area contributed by atoms with E-state index in [1.165, 1.54) is 12.2 Å². The lowest BCUT2D eigenvalue weighted by molar-refractivity contribution is -0.142. The monoisotopic (exact) mass is 278 g/mol. The SMILES string of the molecule is C[C@@H]1CCCC=C[C@H]2CC(=O)C[C@@H]2[C@@H](O)C=CC(=O)O1. The Hall–Kier alpha value is -1.42. The molecule has 0 aromatic carbocycles. The first kappa shape index (κ1) is 15.0. The summed E-state index contributed by atoms with van der Waals surface area (Å²) in [6.07, 6.45) is 9.53. The highest BCUT2D eigenvalue weighted by Gasteiger charge is 2.35. The van der Waals surface area contributed by atoms with E-state index in [1.54, 1.807) is 0 Å². The molecule has 0 aromatic heterocycles. The Morgan fingerprint density at radius 3 is 2.85 bits per heavy atom. The second kappa shape index (κ2) is 6.84. The lowest BCUT2D eigenvalue weighted by Gasteiger charge is -2.19. The first-order chi connectivity index (χ1) is 9.56. The van der Waals surface area contributed by atoms with Crippen molar-refractivity contribution < 1.29 is 19.4 Å². The molecule has 1 aliphatic carbocycles. The Morgan fingerprint density at radius 1 is 1.25 bits per heavy atom. The van der Waals surface area contributed by atoms with Crippen molar-refractivity contribution in [2.75, 3.05) is 0 Å². The van der Waals surface area contributed by atoms with E-state index >= 15 is 0 Å². The van der Waals surface area contributed by atoms with Crippen LogP contribution in [0.4, 0.5) is 0 Å². The minimum absolute atomic E-state index is 0.0800. The van der Waals surface area contributed by atoms with Crippen LogP contribution in [-0.2, 0) is 14.3 Å². The fraction of sp³-hybridized carbons (Fsp3) is 0.625. The third kappa shape index (κ3) is 4.04. The molecule has 0 amide bonds. The van der Waals surface area contributed by atoms with Gasteiger partial charge in [0.05, 0.1) is 12.2 Å². The average Bonchev–Trinajstić information content (AvgIpc) is 2.76. The molecule has 4 heteroatoms. The van der Waals surface area contributed by atoms with Gasteiger partial charge in [-0.05, 0) is 38.2 Å². The van der Waals surface area contributed by atoms with Gasteiger partial charge in [0.2, 0.25) is 0 Å². The third-order valence-corrected chi connectivity index (χ3v) is 4.03. The lowest BCUT2D eigenvalue weighted by Crippen LogP contribution is -2.21. The number of fused-ring (bicyclic) bond motifs is 1. The summed E-state index contributed by atoms with van der Waals surface area (Å²) < 4.78 is 5.22. The van der Waals surface area contributed by atoms with Gasteiger partial charge in [0.1, 0.15) is 5.78 Å². The first-order valence-corrected chi connectivity index (χ1v) is 7.31. The number of ether oxygens (including phenoxy) is 1. The molecule has 0 saturated heterocycles. The Bertz CT molecular complexity index is 424. The predicted octanol–water partition coefficient (Wildman–Crippen LogP) is 2.17. The van der Waals surface area contributed by atoms with E-state index in [0.717, 1.165) is 19.3 Å². The van der Waals surface area contributed by atoms with Crippen molar-refractivity contribution in [3.05, 3.63) is 24.3 Å². The van der Waals surface area contributed by atoms with E-state index in [9.17, 15) is 14.7 Å². The van der Waals surface area contributed by atoms with Crippen LogP contribution in [0.5, 0.6) is 0 Å². The minimum Gasteiger partial charge on any atom is -0.460 e. The number of Topliss-reactive ketones (excluding diaryl/α,β-unsaturated/α-hetero) is 1. The number of cyclic esters (lactones) is 1. The highest BCUT2D eigenvalue weighted by Crippen LogP contribution is 2.33. The fourth-order valence-electron chi connectivity index (χ4n) is 2.91. The van der Waals surface area contributed by atoms with E-state index in [0.29, 0.717) is 12.8 Å². The van der Waals surface area contributed by atoms with E-state index in [4.69, 9.17) is 4.74 Å². The number of aliphatic hydroxyl groups excluding tert-OH is 1. The second-order valence-corrected chi connectivity index (χ2v) is 5.73. The molecule has 1 aliphatic heterocycles. The molecule has 1 heterocycles. The molecule has 0 spiro atoms. The van der Waals surface area contributed by atoms with Crippen LogP contribution in [0.1, 0.15) is 39.0 Å². The molecule has 1 N–H and O–H groups in total. The Kier molecular flexibility index (Phi) is 5.12. The van der Waals surface area contributed by atoms with Gasteiger partial charge < -0.3 is 9.84 Å². The molecule has 2 aliphatic rings. The molecule has 0 unspecified atom stereocenters. The maximum absolute atomic E-state index is 11.6. The summed E-state index contributed by atoms with van der Waals surface area (Å²) in [5, 5.41) is 10.2. The van der Waals surface area contributed by atoms with E-state index < -0.39 is 12.1 Å². The van der Waals surface area contributed by atoms with Crippen molar-refractivity contribution >= 4 is 11.8 Å². The lowest BCUT2D eigenvalue weighted by atomic mass is 9.90. The fourth-order valence-corrected chi connectivity index (χ4v) is 2.91. The smallest absolute Gasteiger partial charge is 0.330 e. The van der Waals surface area contributed by atoms with E-state index in [1.807, 2.05) is 6.92 Å². The molecular formula is C16H22O4. The van der Waals surface area contributed by atoms with Gasteiger partial charge in [0.25, 0.3) is 0 Å². The molecule has 4 nitrogen and oxygen atoms in total. The van der Waals surface area contributed by atoms with Gasteiger partial charge in [-0.1, -0.05) is 12.2 Å². The molecule has 1 fully saturated rings. The number of aliphatic hydroxyl groups is 1. The zero-order chi connectivity index (χ0) is 14.5. The molecular weight excluding hydrogens is 256 g/mol. The van der Waals surface area contributed by atoms with Crippen molar-refractivity contribution in [3.63, 3.8) is 0 Å². The molecule has 0 aromatic rings. The molecule has 0 radical (unpaired) electrons. The topological polar surface area (TPSA) is 63.6 Å². The summed E-state index contributed by atoms with van der Waals surface area (Å²) >= 11 is 0. The maximum atomic E-state index is 11.6. The number of hydrogen-bond donors (Lipinski definition) is 1. The zero-order valence-corrected chi connectivity index (χ0v) is 11.8. The molecule has 4 atom stereocenters. The third-order valence-electron chi connectivity index (χ3n) is 4.03. The molecule has 20 heavy (non-hydrogen) atoms. The standard InChI is InChI=1S/C16H22O4/c1-11-5-3-2-4-6-12-9-13(17)10-14(12)15(18)7-8-16(19)20-11/h4,6-8,11-12,14-15,18H,2-3,5,9-10H2,1H3/t11-,12+,14+,15+/m1/s1. The predicted molar refractivity (Wildman–Crippen MR) is 74.9 cm³/mol. The highest BCUT2D eigenvalue weighted by atomic mass is 16.5. The van der Waals surface area contributed by atoms with Gasteiger partial charge in [-0.25, -0.2) is 4.79 Å². The number of carbonyl (C=O) groups excluding carboxylic acids is 2. The van der Waals surface area contributed by atoms with Crippen molar-refractivity contribution in [1.29, 1.82) is 0 Å². The van der Waals surface area contributed by atoms with Gasteiger partial charge in [0.15, 0.2) is 0 Å². The number of rotatable bonds is 0. The first-order valence-electron chi connectivity index (χ1n) is 7.31. The number of esters is 1. The summed E-state index contributed by atoms with van der Waals surface area (Å²) in [4.78, 5) is 23.2. The maximum Gasteiger partial charge on any atom is 0.330 e. The van der Waals surface area contributed by atoms with Crippen LogP contribution in [0.3, 0.4) is 0 Å². The van der Waals surface area contributed by atoms with E-state index in [2.05, 4.69) is 12.2 Å². The van der Waals surface area contributed by atoms with E-state index in [-0.39, 0.29) is 23.7 Å². The number of ketones is 1. The van der Waals surface area contributed by atoms with Crippen LogP contribution in [0.2, 0.25) is 0 Å². The summed E-state index contributed by atoms with van der Waals surface area (Å²) in [5.74, 6) is -0.289. The van der Waals surface area contributed by atoms with Gasteiger partial charge in [0, 0.05) is 24.8 Å². The molecule has 2 rings (SSSR count). The van der Waals surface area contributed by atoms with Crippen LogP contribution in [0.25, 0.3) is 0 Å². The largest absolute Gasteiger partial charge is 0.460 e. The van der Waals surface area contributed by atoms with Crippen LogP contribution in [0, 0.1) is 11.8 Å². The molecule has 1 saturated carbocycles. The number of hydrogen-bond acceptors (Lipinski definition) is 4. The van der Waals surface area contributed by atoms with Crippen LogP contribution in [0.15, 0.2) is 24.3 Å². The highest BCUT2D eigenvalue weighted by molar-refractivity contribution is 5.83. The normalized spacial score (nSPS) is 35.7. The van der Waals surface area contributed by atoms with Crippen molar-refractivity contribution in [2.24, 2.45) is 11.8 Å². The van der Waals surface area contributed by atoms with Crippen LogP contribution >= 0.6 is 0 Å². The Morgan fingerprint density at radius 2 is 2.05 bits per heavy atom. The summed E-state index contributed by atoms with van der Waals surface area (Å²) in [7, 11) is 0. The quantitative estimate of drug-likeness (QED) is 0.545. The molecule has 0 bridgehead atoms. The summed E-state index contributed by atoms with van der Waals surface area (Å²) in [5.41, 5.74) is 0. The van der Waals surface area contributed by atoms with Crippen molar-refractivity contribution in [3.8, 4) is 0 Å². The van der Waals surface area contributed by atoms with Crippen LogP contribution in [-0.4, -0.2) is 29.1 Å². The van der Waals surface area contributed by atoms with Gasteiger partial charge in [-0.3, -0.25) is 4.79 Å².